The van der Waals surface area contributed by atoms with Crippen LogP contribution < -0.4 is 0 Å². The van der Waals surface area contributed by atoms with Crippen LogP contribution in [0.3, 0.4) is 0 Å². The van der Waals surface area contributed by atoms with Crippen molar-refractivity contribution >= 4 is 11.1 Å². The second-order valence-corrected chi connectivity index (χ2v) is 4.36. The van der Waals surface area contributed by atoms with E-state index in [-0.39, 0.29) is 6.42 Å². The largest absolute Gasteiger partial charge is 0.522 e. The summed E-state index contributed by atoms with van der Waals surface area (Å²) in [6, 6.07) is 0. The molecule has 7 heteroatoms. The second kappa shape index (κ2) is 4.59. The molecule has 1 aliphatic carbocycles. The average Bonchev–Trinajstić information content (AvgIpc) is 2.01. The Morgan fingerprint density at radius 1 is 1.29 bits per heavy atom. The molecule has 0 aliphatic heterocycles. The molecule has 0 spiro atoms. The maximum absolute atomic E-state index is 11.9. The number of hydrogen-bond donors (Lipinski definition) is 1. The van der Waals surface area contributed by atoms with Crippen molar-refractivity contribution in [3.63, 3.8) is 0 Å². The van der Waals surface area contributed by atoms with Gasteiger partial charge in [-0.1, -0.05) is 12.8 Å². The summed E-state index contributed by atoms with van der Waals surface area (Å²) in [7, 11) is 0. The monoisotopic (exact) mass is 232 g/mol. The second-order valence-electron chi connectivity index (χ2n) is 3.20. The first-order valence-corrected chi connectivity index (χ1v) is 5.41. The molecule has 0 radical (unpaired) electrons. The van der Waals surface area contributed by atoms with Crippen molar-refractivity contribution in [1.82, 2.24) is 0 Å². The number of ether oxygens (including phenoxy) is 1. The minimum Gasteiger partial charge on any atom is -0.306 e. The highest BCUT2D eigenvalue weighted by Gasteiger charge is 2.40. The molecule has 1 aliphatic rings. The standard InChI is InChI=1S/C7H11F3O3S/c8-7(9,10)13-5-3-1-2-4-6(5)14(11)12/h5-6H,1-4H2,(H,11,12). The minimum absolute atomic E-state index is 0.191. The zero-order valence-corrected chi connectivity index (χ0v) is 8.11. The van der Waals surface area contributed by atoms with Crippen LogP contribution in [0.25, 0.3) is 0 Å². The van der Waals surface area contributed by atoms with Gasteiger partial charge in [-0.3, -0.25) is 4.74 Å². The van der Waals surface area contributed by atoms with Crippen LogP contribution in [0, 0.1) is 0 Å². The molecule has 1 fully saturated rings. The van der Waals surface area contributed by atoms with E-state index in [2.05, 4.69) is 4.74 Å². The topological polar surface area (TPSA) is 46.5 Å². The first-order valence-electron chi connectivity index (χ1n) is 4.24. The van der Waals surface area contributed by atoms with E-state index in [1.165, 1.54) is 0 Å². The molecule has 3 atom stereocenters. The summed E-state index contributed by atoms with van der Waals surface area (Å²) in [6.45, 7) is 0. The summed E-state index contributed by atoms with van der Waals surface area (Å²) in [5.41, 5.74) is 0. The van der Waals surface area contributed by atoms with Crippen LogP contribution >= 0.6 is 0 Å². The third kappa shape index (κ3) is 3.55. The summed E-state index contributed by atoms with van der Waals surface area (Å²) in [4.78, 5) is 0. The summed E-state index contributed by atoms with van der Waals surface area (Å²) in [6.07, 6.45) is -4.11. The normalized spacial score (nSPS) is 31.4. The maximum Gasteiger partial charge on any atom is 0.522 e. The first-order chi connectivity index (χ1) is 6.40. The van der Waals surface area contributed by atoms with Crippen LogP contribution in [0.15, 0.2) is 0 Å². The molecule has 0 aromatic heterocycles. The van der Waals surface area contributed by atoms with Gasteiger partial charge in [0.2, 0.25) is 0 Å². The zero-order chi connectivity index (χ0) is 10.8. The summed E-state index contributed by atoms with van der Waals surface area (Å²) >= 11 is -2.24. The van der Waals surface area contributed by atoms with Crippen LogP contribution in [-0.4, -0.2) is 26.5 Å². The number of hydrogen-bond acceptors (Lipinski definition) is 2. The number of rotatable bonds is 2. The van der Waals surface area contributed by atoms with E-state index in [9.17, 15) is 17.4 Å². The lowest BCUT2D eigenvalue weighted by molar-refractivity contribution is -0.344. The van der Waals surface area contributed by atoms with Gasteiger partial charge in [-0.25, -0.2) is 4.21 Å². The average molecular weight is 232 g/mol. The van der Waals surface area contributed by atoms with Crippen LogP contribution in [0.2, 0.25) is 0 Å². The van der Waals surface area contributed by atoms with Gasteiger partial charge in [0.05, 0.1) is 11.4 Å². The van der Waals surface area contributed by atoms with Crippen molar-refractivity contribution in [1.29, 1.82) is 0 Å². The van der Waals surface area contributed by atoms with Gasteiger partial charge in [0.25, 0.3) is 0 Å². The predicted molar refractivity (Wildman–Crippen MR) is 44.0 cm³/mol. The minimum atomic E-state index is -4.72. The molecule has 0 saturated heterocycles. The molecule has 0 aromatic rings. The van der Waals surface area contributed by atoms with Crippen molar-refractivity contribution < 1.29 is 26.7 Å². The van der Waals surface area contributed by atoms with E-state index in [0.29, 0.717) is 19.3 Å². The fraction of sp³-hybridized carbons (Fsp3) is 1.00. The Morgan fingerprint density at radius 3 is 2.36 bits per heavy atom. The molecule has 0 bridgehead atoms. The summed E-state index contributed by atoms with van der Waals surface area (Å²) < 4.78 is 58.9. The molecule has 0 heterocycles. The van der Waals surface area contributed by atoms with E-state index < -0.39 is 28.8 Å². The molecule has 0 amide bonds. The van der Waals surface area contributed by atoms with Crippen molar-refractivity contribution in [2.24, 2.45) is 0 Å². The van der Waals surface area contributed by atoms with E-state index in [0.717, 1.165) is 0 Å². The smallest absolute Gasteiger partial charge is 0.306 e. The van der Waals surface area contributed by atoms with E-state index in [1.54, 1.807) is 0 Å². The molecule has 3 unspecified atom stereocenters. The van der Waals surface area contributed by atoms with Gasteiger partial charge in [0.15, 0.2) is 11.1 Å². The quantitative estimate of drug-likeness (QED) is 0.741. The third-order valence-electron chi connectivity index (χ3n) is 2.19. The summed E-state index contributed by atoms with van der Waals surface area (Å²) in [5.74, 6) is 0. The predicted octanol–water partition coefficient (Wildman–Crippen LogP) is 2.06. The fourth-order valence-corrected chi connectivity index (χ4v) is 2.42. The van der Waals surface area contributed by atoms with E-state index in [1.807, 2.05) is 0 Å². The van der Waals surface area contributed by atoms with Gasteiger partial charge in [0.1, 0.15) is 0 Å². The Morgan fingerprint density at radius 2 is 1.86 bits per heavy atom. The van der Waals surface area contributed by atoms with Crippen LogP contribution in [0.4, 0.5) is 13.2 Å². The van der Waals surface area contributed by atoms with E-state index >= 15 is 0 Å². The van der Waals surface area contributed by atoms with Crippen LogP contribution in [0.5, 0.6) is 0 Å². The molecule has 0 aromatic carbocycles. The maximum atomic E-state index is 11.9. The third-order valence-corrected chi connectivity index (χ3v) is 3.24. The lowest BCUT2D eigenvalue weighted by Crippen LogP contribution is -2.39. The van der Waals surface area contributed by atoms with Gasteiger partial charge in [-0.05, 0) is 12.8 Å². The van der Waals surface area contributed by atoms with Crippen molar-refractivity contribution in [2.45, 2.75) is 43.4 Å². The van der Waals surface area contributed by atoms with Crippen LogP contribution in [-0.2, 0) is 15.8 Å². The lowest BCUT2D eigenvalue weighted by Gasteiger charge is -2.29. The lowest BCUT2D eigenvalue weighted by atomic mass is 9.97. The molecular formula is C7H11F3O3S. The first kappa shape index (κ1) is 11.9. The molecule has 1 saturated carbocycles. The van der Waals surface area contributed by atoms with Gasteiger partial charge < -0.3 is 4.55 Å². The highest BCUT2D eigenvalue weighted by atomic mass is 32.2. The van der Waals surface area contributed by atoms with E-state index in [4.69, 9.17) is 4.55 Å². The Labute approximate surface area is 81.9 Å². The SMILES string of the molecule is O=S(O)C1CCCCC1OC(F)(F)F. The zero-order valence-electron chi connectivity index (χ0n) is 7.29. The number of alkyl halides is 3. The number of halogens is 3. The highest BCUT2D eigenvalue weighted by molar-refractivity contribution is 7.79. The Bertz CT molecular complexity index is 219. The molecular weight excluding hydrogens is 221 g/mol. The Kier molecular flexibility index (Phi) is 3.91. The van der Waals surface area contributed by atoms with Gasteiger partial charge in [0, 0.05) is 0 Å². The highest BCUT2D eigenvalue weighted by Crippen LogP contribution is 2.30. The van der Waals surface area contributed by atoms with Gasteiger partial charge in [-0.2, -0.15) is 0 Å². The van der Waals surface area contributed by atoms with Crippen LogP contribution in [0.1, 0.15) is 25.7 Å². The Hall–Kier alpha value is -0.140. The summed E-state index contributed by atoms with van der Waals surface area (Å²) in [5, 5.41) is -0.912. The van der Waals surface area contributed by atoms with Gasteiger partial charge in [-0.15, -0.1) is 13.2 Å². The van der Waals surface area contributed by atoms with Crippen molar-refractivity contribution in [2.75, 3.05) is 0 Å². The Balaban J connectivity index is 2.59. The van der Waals surface area contributed by atoms with Crippen molar-refractivity contribution in [3.05, 3.63) is 0 Å². The fourth-order valence-electron chi connectivity index (χ4n) is 1.60. The molecule has 84 valence electrons. The van der Waals surface area contributed by atoms with Crippen molar-refractivity contribution in [3.8, 4) is 0 Å². The molecule has 1 N–H and O–H groups in total. The molecule has 1 rings (SSSR count). The van der Waals surface area contributed by atoms with Gasteiger partial charge >= 0.3 is 6.36 Å². The molecule has 14 heavy (non-hydrogen) atoms. The molecule has 3 nitrogen and oxygen atoms in total.